The van der Waals surface area contributed by atoms with Gasteiger partial charge in [-0.1, -0.05) is 12.1 Å². The van der Waals surface area contributed by atoms with Crippen molar-refractivity contribution in [2.75, 3.05) is 29.0 Å². The summed E-state index contributed by atoms with van der Waals surface area (Å²) in [6, 6.07) is 14.6. The Bertz CT molecular complexity index is 1130. The van der Waals surface area contributed by atoms with Gasteiger partial charge < -0.3 is 26.4 Å². The third-order valence-electron chi connectivity index (χ3n) is 4.74. The van der Waals surface area contributed by atoms with Gasteiger partial charge in [0.1, 0.15) is 5.82 Å². The van der Waals surface area contributed by atoms with E-state index in [2.05, 4.69) is 31.6 Å². The lowest BCUT2D eigenvalue weighted by molar-refractivity contribution is 0.191. The first-order chi connectivity index (χ1) is 14.0. The highest BCUT2D eigenvalue weighted by molar-refractivity contribution is 5.91. The second-order valence-corrected chi connectivity index (χ2v) is 6.85. The number of nitrogens with zero attached hydrogens (tertiary/aromatic N) is 4. The molecule has 1 saturated heterocycles. The molecule has 4 rings (SSSR count). The zero-order valence-corrected chi connectivity index (χ0v) is 15.5. The standard InChI is InChI=1S/C20H19N7O2/c21-10-12-7-13(22)9-15(8-12)23-19-25-17-4-2-1-3-16(17)18(26-19)27-6-5-14(11-27)24-20(28)29/h1-4,7-9,14,24H,5-6,11,22H2,(H,28,29)(H,23,25,26)/t14-/m0/s1. The molecule has 0 saturated carbocycles. The second-order valence-electron chi connectivity index (χ2n) is 6.85. The molecule has 0 bridgehead atoms. The molecule has 1 aliphatic rings. The number of fused-ring (bicyclic) bond motifs is 1. The number of hydrogen-bond donors (Lipinski definition) is 4. The molecule has 29 heavy (non-hydrogen) atoms. The molecule has 0 spiro atoms. The molecular weight excluding hydrogens is 370 g/mol. The van der Waals surface area contributed by atoms with Gasteiger partial charge in [-0.2, -0.15) is 10.2 Å². The van der Waals surface area contributed by atoms with Crippen LogP contribution in [0.25, 0.3) is 10.9 Å². The maximum atomic E-state index is 10.9. The fraction of sp³-hybridized carbons (Fsp3) is 0.200. The van der Waals surface area contributed by atoms with Gasteiger partial charge in [-0.05, 0) is 36.8 Å². The number of nitrogens with one attached hydrogen (secondary N) is 2. The van der Waals surface area contributed by atoms with E-state index in [1.165, 1.54) is 0 Å². The van der Waals surface area contributed by atoms with Gasteiger partial charge in [0, 0.05) is 29.9 Å². The van der Waals surface area contributed by atoms with E-state index in [1.54, 1.807) is 18.2 Å². The lowest BCUT2D eigenvalue weighted by atomic mass is 10.2. The van der Waals surface area contributed by atoms with E-state index in [0.29, 0.717) is 42.4 Å². The first-order valence-electron chi connectivity index (χ1n) is 9.11. The number of rotatable bonds is 4. The Morgan fingerprint density at radius 2 is 2.10 bits per heavy atom. The van der Waals surface area contributed by atoms with E-state index in [4.69, 9.17) is 16.1 Å². The Morgan fingerprint density at radius 1 is 1.28 bits per heavy atom. The molecule has 1 fully saturated rings. The van der Waals surface area contributed by atoms with Gasteiger partial charge in [0.15, 0.2) is 0 Å². The molecule has 1 atom stereocenters. The number of benzene rings is 2. The molecule has 0 unspecified atom stereocenters. The summed E-state index contributed by atoms with van der Waals surface area (Å²) in [6.45, 7) is 1.21. The maximum absolute atomic E-state index is 10.9. The predicted octanol–water partition coefficient (Wildman–Crippen LogP) is 2.67. The van der Waals surface area contributed by atoms with Crippen LogP contribution in [0.1, 0.15) is 12.0 Å². The Morgan fingerprint density at radius 3 is 2.90 bits per heavy atom. The quantitative estimate of drug-likeness (QED) is 0.499. The summed E-state index contributed by atoms with van der Waals surface area (Å²) in [4.78, 5) is 22.3. The van der Waals surface area contributed by atoms with Crippen molar-refractivity contribution in [3.8, 4) is 6.07 Å². The normalized spacial score (nSPS) is 15.8. The first kappa shape index (κ1) is 18.3. The minimum Gasteiger partial charge on any atom is -0.465 e. The van der Waals surface area contributed by atoms with Crippen molar-refractivity contribution >= 4 is 40.1 Å². The van der Waals surface area contributed by atoms with E-state index in [9.17, 15) is 4.79 Å². The lowest BCUT2D eigenvalue weighted by Crippen LogP contribution is -2.36. The van der Waals surface area contributed by atoms with Crippen LogP contribution in [0.5, 0.6) is 0 Å². The zero-order valence-electron chi connectivity index (χ0n) is 15.5. The van der Waals surface area contributed by atoms with Crippen LogP contribution in [0.2, 0.25) is 0 Å². The monoisotopic (exact) mass is 389 g/mol. The fourth-order valence-electron chi connectivity index (χ4n) is 3.52. The number of amides is 1. The molecule has 9 nitrogen and oxygen atoms in total. The van der Waals surface area contributed by atoms with Crippen LogP contribution >= 0.6 is 0 Å². The fourth-order valence-corrected chi connectivity index (χ4v) is 3.52. The van der Waals surface area contributed by atoms with Gasteiger partial charge >= 0.3 is 6.09 Å². The molecule has 1 aromatic heterocycles. The number of carbonyl (C=O) groups is 1. The number of carboxylic acid groups (broad SMARTS) is 1. The first-order valence-corrected chi connectivity index (χ1v) is 9.11. The van der Waals surface area contributed by atoms with E-state index in [1.807, 2.05) is 24.3 Å². The SMILES string of the molecule is N#Cc1cc(N)cc(Nc2nc(N3CC[C@H](NC(=O)O)C3)c3ccccc3n2)c1. The Labute approximate surface area is 166 Å². The third kappa shape index (κ3) is 3.96. The van der Waals surface area contributed by atoms with Crippen LogP contribution in [0, 0.1) is 11.3 Å². The zero-order chi connectivity index (χ0) is 20.4. The van der Waals surface area contributed by atoms with Crippen LogP contribution in [-0.2, 0) is 0 Å². The average Bonchev–Trinajstić information content (AvgIpc) is 3.14. The van der Waals surface area contributed by atoms with Crippen LogP contribution in [-0.4, -0.2) is 40.3 Å². The highest BCUT2D eigenvalue weighted by Crippen LogP contribution is 2.29. The number of nitrogens with two attached hydrogens (primary N) is 1. The minimum atomic E-state index is -1.03. The maximum Gasteiger partial charge on any atom is 0.404 e. The van der Waals surface area contributed by atoms with E-state index in [-0.39, 0.29) is 6.04 Å². The van der Waals surface area contributed by atoms with Crippen molar-refractivity contribution in [1.82, 2.24) is 15.3 Å². The number of hydrogen-bond acceptors (Lipinski definition) is 7. The van der Waals surface area contributed by atoms with E-state index >= 15 is 0 Å². The second kappa shape index (κ2) is 7.52. The number of aromatic nitrogens is 2. The number of anilines is 4. The Kier molecular flexibility index (Phi) is 4.75. The summed E-state index contributed by atoms with van der Waals surface area (Å²) in [5.41, 5.74) is 8.16. The molecule has 2 heterocycles. The van der Waals surface area contributed by atoms with Gasteiger partial charge in [-0.15, -0.1) is 0 Å². The molecule has 0 aliphatic carbocycles. The van der Waals surface area contributed by atoms with Crippen LogP contribution in [0.3, 0.4) is 0 Å². The van der Waals surface area contributed by atoms with Crippen molar-refractivity contribution in [2.24, 2.45) is 0 Å². The highest BCUT2D eigenvalue weighted by Gasteiger charge is 2.26. The van der Waals surface area contributed by atoms with Crippen molar-refractivity contribution < 1.29 is 9.90 Å². The van der Waals surface area contributed by atoms with Crippen molar-refractivity contribution in [2.45, 2.75) is 12.5 Å². The predicted molar refractivity (Wildman–Crippen MR) is 110 cm³/mol. The minimum absolute atomic E-state index is 0.148. The summed E-state index contributed by atoms with van der Waals surface area (Å²) in [6.07, 6.45) is -0.324. The number of nitriles is 1. The largest absolute Gasteiger partial charge is 0.465 e. The molecule has 5 N–H and O–H groups in total. The molecule has 2 aromatic carbocycles. The molecule has 9 heteroatoms. The molecule has 146 valence electrons. The Balaban J connectivity index is 1.69. The number of nitrogen functional groups attached to an aromatic ring is 1. The van der Waals surface area contributed by atoms with Crippen LogP contribution in [0.15, 0.2) is 42.5 Å². The molecule has 0 radical (unpaired) electrons. The molecular formula is C20H19N7O2. The van der Waals surface area contributed by atoms with Crippen molar-refractivity contribution in [3.63, 3.8) is 0 Å². The van der Waals surface area contributed by atoms with Crippen molar-refractivity contribution in [1.29, 1.82) is 5.26 Å². The topological polar surface area (TPSA) is 140 Å². The number of para-hydroxylation sites is 1. The molecule has 1 aliphatic heterocycles. The summed E-state index contributed by atoms with van der Waals surface area (Å²) in [5, 5.41) is 24.7. The average molecular weight is 389 g/mol. The van der Waals surface area contributed by atoms with Crippen molar-refractivity contribution in [3.05, 3.63) is 48.0 Å². The molecule has 1 amide bonds. The van der Waals surface area contributed by atoms with Crippen LogP contribution in [0.4, 0.5) is 27.9 Å². The summed E-state index contributed by atoms with van der Waals surface area (Å²) in [7, 11) is 0. The van der Waals surface area contributed by atoms with Gasteiger partial charge in [0.2, 0.25) is 5.95 Å². The van der Waals surface area contributed by atoms with E-state index in [0.717, 1.165) is 16.7 Å². The van der Waals surface area contributed by atoms with Gasteiger partial charge in [0.25, 0.3) is 0 Å². The summed E-state index contributed by atoms with van der Waals surface area (Å²) < 4.78 is 0. The van der Waals surface area contributed by atoms with Gasteiger partial charge in [0.05, 0.1) is 23.2 Å². The van der Waals surface area contributed by atoms with E-state index < -0.39 is 6.09 Å². The lowest BCUT2D eigenvalue weighted by Gasteiger charge is -2.20. The smallest absolute Gasteiger partial charge is 0.404 e. The van der Waals surface area contributed by atoms with Gasteiger partial charge in [-0.3, -0.25) is 0 Å². The highest BCUT2D eigenvalue weighted by atomic mass is 16.4. The van der Waals surface area contributed by atoms with Crippen LogP contribution < -0.4 is 21.3 Å². The summed E-state index contributed by atoms with van der Waals surface area (Å²) in [5.74, 6) is 1.11. The molecule has 3 aromatic rings. The van der Waals surface area contributed by atoms with Gasteiger partial charge in [-0.25, -0.2) is 9.78 Å². The third-order valence-corrected chi connectivity index (χ3v) is 4.74. The Hall–Kier alpha value is -4.06. The summed E-state index contributed by atoms with van der Waals surface area (Å²) >= 11 is 0.